The van der Waals surface area contributed by atoms with E-state index in [1.807, 2.05) is 30.0 Å². The minimum absolute atomic E-state index is 0.100. The average Bonchev–Trinajstić information content (AvgIpc) is 3.16. The number of aromatic nitrogens is 1. The lowest BCUT2D eigenvalue weighted by Gasteiger charge is -2.33. The van der Waals surface area contributed by atoms with E-state index in [9.17, 15) is 9.59 Å². The highest BCUT2D eigenvalue weighted by atomic mass is 32.1. The third kappa shape index (κ3) is 4.86. The minimum atomic E-state index is 0.100. The number of aryl methyl sites for hydroxylation is 2. The van der Waals surface area contributed by atoms with Crippen LogP contribution >= 0.6 is 11.3 Å². The van der Waals surface area contributed by atoms with Crippen LogP contribution in [0.1, 0.15) is 48.4 Å². The van der Waals surface area contributed by atoms with Crippen molar-refractivity contribution in [2.24, 2.45) is 11.3 Å². The van der Waals surface area contributed by atoms with Gasteiger partial charge < -0.3 is 10.2 Å². The Bertz CT molecular complexity index is 857. The van der Waals surface area contributed by atoms with Crippen LogP contribution in [-0.2, 0) is 22.6 Å². The summed E-state index contributed by atoms with van der Waals surface area (Å²) in [6.45, 7) is 4.03. The lowest BCUT2D eigenvalue weighted by molar-refractivity contribution is -0.133. The van der Waals surface area contributed by atoms with Crippen LogP contribution < -0.4 is 5.32 Å². The van der Waals surface area contributed by atoms with Crippen molar-refractivity contribution in [3.05, 3.63) is 52.0 Å². The molecular formula is C23H29N3O2S. The van der Waals surface area contributed by atoms with Crippen LogP contribution in [0.5, 0.6) is 0 Å². The van der Waals surface area contributed by atoms with Gasteiger partial charge in [0.2, 0.25) is 11.8 Å². The van der Waals surface area contributed by atoms with Crippen molar-refractivity contribution < 1.29 is 9.59 Å². The lowest BCUT2D eigenvalue weighted by Crippen LogP contribution is -2.40. The SMILES string of the molecule is Cc1cccc(CNC(=O)C2CC23CCN(C(=O)CCCc2cccs2)CC3)n1. The summed E-state index contributed by atoms with van der Waals surface area (Å²) in [5.74, 6) is 0.510. The maximum Gasteiger partial charge on any atom is 0.224 e. The van der Waals surface area contributed by atoms with Crippen LogP contribution in [-0.4, -0.2) is 34.8 Å². The molecule has 1 unspecified atom stereocenters. The summed E-state index contributed by atoms with van der Waals surface area (Å²) >= 11 is 1.76. The standard InChI is InChI=1S/C23H29N3O2S/c1-17-5-2-6-18(25-17)16-24-22(28)20-15-23(20)10-12-26(13-11-23)21(27)9-3-7-19-8-4-14-29-19/h2,4-6,8,14,20H,3,7,9-13,15-16H2,1H3,(H,24,28). The van der Waals surface area contributed by atoms with Gasteiger partial charge >= 0.3 is 0 Å². The van der Waals surface area contributed by atoms with Gasteiger partial charge in [-0.15, -0.1) is 11.3 Å². The number of hydrogen-bond acceptors (Lipinski definition) is 4. The molecule has 2 aromatic heterocycles. The highest BCUT2D eigenvalue weighted by molar-refractivity contribution is 7.09. The summed E-state index contributed by atoms with van der Waals surface area (Å²) in [6.07, 6.45) is 5.38. The molecule has 0 radical (unpaired) electrons. The molecule has 2 fully saturated rings. The first-order chi connectivity index (χ1) is 14.1. The topological polar surface area (TPSA) is 62.3 Å². The molecule has 6 heteroatoms. The Hall–Kier alpha value is -2.21. The summed E-state index contributed by atoms with van der Waals surface area (Å²) in [5, 5.41) is 5.14. The van der Waals surface area contributed by atoms with E-state index in [0.717, 1.165) is 56.6 Å². The number of rotatable bonds is 7. The van der Waals surface area contributed by atoms with Crippen LogP contribution in [0.25, 0.3) is 0 Å². The van der Waals surface area contributed by atoms with Gasteiger partial charge in [-0.05, 0) is 68.0 Å². The largest absolute Gasteiger partial charge is 0.350 e. The fourth-order valence-corrected chi connectivity index (χ4v) is 5.25. The van der Waals surface area contributed by atoms with Crippen molar-refractivity contribution in [2.45, 2.75) is 52.0 Å². The number of thiophene rings is 1. The number of pyridine rings is 1. The second-order valence-electron chi connectivity index (χ2n) is 8.42. The average molecular weight is 412 g/mol. The molecule has 1 spiro atoms. The maximum absolute atomic E-state index is 12.6. The monoisotopic (exact) mass is 411 g/mol. The third-order valence-corrected chi connectivity index (χ3v) is 7.34. The van der Waals surface area contributed by atoms with E-state index in [1.165, 1.54) is 4.88 Å². The maximum atomic E-state index is 12.6. The summed E-state index contributed by atoms with van der Waals surface area (Å²) in [7, 11) is 0. The van der Waals surface area contributed by atoms with Crippen LogP contribution in [0.15, 0.2) is 35.7 Å². The Morgan fingerprint density at radius 3 is 2.79 bits per heavy atom. The molecule has 5 nitrogen and oxygen atoms in total. The number of carbonyl (C=O) groups excluding carboxylic acids is 2. The Labute approximate surface area is 176 Å². The zero-order valence-electron chi connectivity index (χ0n) is 17.0. The van der Waals surface area contributed by atoms with E-state index in [2.05, 4.69) is 27.8 Å². The van der Waals surface area contributed by atoms with Crippen LogP contribution in [0.2, 0.25) is 0 Å². The number of amides is 2. The molecule has 154 valence electrons. The molecule has 2 aliphatic rings. The van der Waals surface area contributed by atoms with Gasteiger partial charge in [0.25, 0.3) is 0 Å². The van der Waals surface area contributed by atoms with E-state index in [0.29, 0.717) is 13.0 Å². The van der Waals surface area contributed by atoms with Crippen LogP contribution in [0.3, 0.4) is 0 Å². The zero-order chi connectivity index (χ0) is 20.3. The fourth-order valence-electron chi connectivity index (χ4n) is 4.50. The number of likely N-dealkylation sites (tertiary alicyclic amines) is 1. The molecule has 0 aromatic carbocycles. The van der Waals surface area contributed by atoms with E-state index >= 15 is 0 Å². The molecule has 1 saturated carbocycles. The predicted octanol–water partition coefficient (Wildman–Crippen LogP) is 3.72. The van der Waals surface area contributed by atoms with Crippen molar-refractivity contribution in [1.82, 2.24) is 15.2 Å². The van der Waals surface area contributed by atoms with Gasteiger partial charge in [-0.2, -0.15) is 0 Å². The number of hydrogen-bond donors (Lipinski definition) is 1. The second-order valence-corrected chi connectivity index (χ2v) is 9.45. The summed E-state index contributed by atoms with van der Waals surface area (Å²) in [6, 6.07) is 10.1. The van der Waals surface area contributed by atoms with E-state index in [1.54, 1.807) is 11.3 Å². The Morgan fingerprint density at radius 1 is 1.24 bits per heavy atom. The van der Waals surface area contributed by atoms with Crippen LogP contribution in [0.4, 0.5) is 0 Å². The van der Waals surface area contributed by atoms with Gasteiger partial charge in [0, 0.05) is 36.0 Å². The van der Waals surface area contributed by atoms with Crippen molar-refractivity contribution in [3.8, 4) is 0 Å². The molecule has 0 bridgehead atoms. The smallest absolute Gasteiger partial charge is 0.224 e. The molecule has 3 heterocycles. The Kier molecular flexibility index (Phi) is 5.99. The van der Waals surface area contributed by atoms with Crippen molar-refractivity contribution in [2.75, 3.05) is 13.1 Å². The van der Waals surface area contributed by atoms with Gasteiger partial charge in [-0.1, -0.05) is 12.1 Å². The molecule has 29 heavy (non-hydrogen) atoms. The van der Waals surface area contributed by atoms with E-state index < -0.39 is 0 Å². The Morgan fingerprint density at radius 2 is 2.07 bits per heavy atom. The summed E-state index contributed by atoms with van der Waals surface area (Å²) in [5.41, 5.74) is 1.99. The summed E-state index contributed by atoms with van der Waals surface area (Å²) < 4.78 is 0. The molecule has 1 aliphatic carbocycles. The highest BCUT2D eigenvalue weighted by Crippen LogP contribution is 2.59. The lowest BCUT2D eigenvalue weighted by atomic mass is 9.90. The second kappa shape index (κ2) is 8.66. The molecule has 1 N–H and O–H groups in total. The van der Waals surface area contributed by atoms with Crippen molar-refractivity contribution >= 4 is 23.2 Å². The first kappa shape index (κ1) is 20.1. The van der Waals surface area contributed by atoms with Crippen molar-refractivity contribution in [3.63, 3.8) is 0 Å². The summed E-state index contributed by atoms with van der Waals surface area (Å²) in [4.78, 5) is 32.9. The molecule has 1 saturated heterocycles. The Balaban J connectivity index is 1.18. The number of nitrogens with one attached hydrogen (secondary N) is 1. The van der Waals surface area contributed by atoms with Crippen LogP contribution in [0, 0.1) is 18.3 Å². The zero-order valence-corrected chi connectivity index (χ0v) is 17.8. The van der Waals surface area contributed by atoms with Gasteiger partial charge in [-0.3, -0.25) is 14.6 Å². The first-order valence-corrected chi connectivity index (χ1v) is 11.4. The number of piperidine rings is 1. The number of nitrogens with zero attached hydrogens (tertiary/aromatic N) is 2. The van der Waals surface area contributed by atoms with Gasteiger partial charge in [0.1, 0.15) is 0 Å². The van der Waals surface area contributed by atoms with Gasteiger partial charge in [0.15, 0.2) is 0 Å². The van der Waals surface area contributed by atoms with E-state index in [-0.39, 0.29) is 23.1 Å². The number of carbonyl (C=O) groups is 2. The molecule has 4 rings (SSSR count). The molecule has 1 atom stereocenters. The normalized spacial score (nSPS) is 19.9. The molecule has 2 amide bonds. The van der Waals surface area contributed by atoms with Gasteiger partial charge in [0.05, 0.1) is 12.2 Å². The first-order valence-electron chi connectivity index (χ1n) is 10.6. The van der Waals surface area contributed by atoms with Gasteiger partial charge in [-0.25, -0.2) is 0 Å². The molecule has 2 aromatic rings. The molecule has 1 aliphatic heterocycles. The third-order valence-electron chi connectivity index (χ3n) is 6.40. The minimum Gasteiger partial charge on any atom is -0.350 e. The van der Waals surface area contributed by atoms with E-state index in [4.69, 9.17) is 0 Å². The van der Waals surface area contributed by atoms with Crippen molar-refractivity contribution in [1.29, 1.82) is 0 Å². The highest BCUT2D eigenvalue weighted by Gasteiger charge is 2.58. The fraction of sp³-hybridized carbons (Fsp3) is 0.522. The molecular weight excluding hydrogens is 382 g/mol. The predicted molar refractivity (Wildman–Crippen MR) is 114 cm³/mol. The quantitative estimate of drug-likeness (QED) is 0.755.